The van der Waals surface area contributed by atoms with E-state index in [0.29, 0.717) is 0 Å². The SMILES string of the molecule is CCOC(=O)C[C@H](CC(=O)Cl)OC(C)=O. The van der Waals surface area contributed by atoms with E-state index >= 15 is 0 Å². The highest BCUT2D eigenvalue weighted by Gasteiger charge is 2.20. The number of rotatable bonds is 6. The van der Waals surface area contributed by atoms with Crippen molar-refractivity contribution in [3.8, 4) is 0 Å². The van der Waals surface area contributed by atoms with E-state index < -0.39 is 23.3 Å². The van der Waals surface area contributed by atoms with Crippen molar-refractivity contribution in [1.29, 1.82) is 0 Å². The van der Waals surface area contributed by atoms with Crippen molar-refractivity contribution in [2.24, 2.45) is 0 Å². The van der Waals surface area contributed by atoms with Crippen LogP contribution in [0.25, 0.3) is 0 Å². The molecular weight excluding hydrogens is 224 g/mol. The standard InChI is InChI=1S/C9H13ClO5/c1-3-14-9(13)5-7(4-8(10)12)15-6(2)11/h7H,3-5H2,1-2H3/t7-/m0/s1. The van der Waals surface area contributed by atoms with Gasteiger partial charge >= 0.3 is 11.9 Å². The average Bonchev–Trinajstić information content (AvgIpc) is 2.00. The Labute approximate surface area is 92.7 Å². The lowest BCUT2D eigenvalue weighted by molar-refractivity contribution is -0.153. The van der Waals surface area contributed by atoms with Gasteiger partial charge in [-0.25, -0.2) is 0 Å². The average molecular weight is 237 g/mol. The molecule has 6 heteroatoms. The molecule has 0 aliphatic rings. The Morgan fingerprint density at radius 1 is 1.27 bits per heavy atom. The van der Waals surface area contributed by atoms with Crippen LogP contribution in [0.5, 0.6) is 0 Å². The third-order valence-corrected chi connectivity index (χ3v) is 1.57. The fourth-order valence-electron chi connectivity index (χ4n) is 0.975. The summed E-state index contributed by atoms with van der Waals surface area (Å²) in [6.07, 6.45) is -1.20. The lowest BCUT2D eigenvalue weighted by Gasteiger charge is -2.13. The van der Waals surface area contributed by atoms with Crippen LogP contribution in [0.3, 0.4) is 0 Å². The van der Waals surface area contributed by atoms with E-state index in [4.69, 9.17) is 16.3 Å². The predicted octanol–water partition coefficient (Wildman–Crippen LogP) is 1.03. The van der Waals surface area contributed by atoms with Gasteiger partial charge in [-0.3, -0.25) is 14.4 Å². The van der Waals surface area contributed by atoms with Crippen LogP contribution in [-0.2, 0) is 23.9 Å². The molecule has 0 radical (unpaired) electrons. The second-order valence-corrected chi connectivity index (χ2v) is 3.22. The Hall–Kier alpha value is -1.10. The second-order valence-electron chi connectivity index (χ2n) is 2.80. The van der Waals surface area contributed by atoms with E-state index in [1.807, 2.05) is 0 Å². The van der Waals surface area contributed by atoms with Gasteiger partial charge in [-0.05, 0) is 18.5 Å². The van der Waals surface area contributed by atoms with Gasteiger partial charge in [0, 0.05) is 6.92 Å². The van der Waals surface area contributed by atoms with Gasteiger partial charge in [0.15, 0.2) is 0 Å². The first-order chi connectivity index (χ1) is 6.95. The zero-order chi connectivity index (χ0) is 11.8. The van der Waals surface area contributed by atoms with Gasteiger partial charge in [0.2, 0.25) is 5.24 Å². The molecule has 0 aromatic rings. The summed E-state index contributed by atoms with van der Waals surface area (Å²) in [5, 5.41) is -0.662. The lowest BCUT2D eigenvalue weighted by Crippen LogP contribution is -2.23. The van der Waals surface area contributed by atoms with Gasteiger partial charge in [0.1, 0.15) is 6.10 Å². The monoisotopic (exact) mass is 236 g/mol. The first-order valence-electron chi connectivity index (χ1n) is 4.46. The number of carbonyl (C=O) groups is 3. The fourth-order valence-corrected chi connectivity index (χ4v) is 1.15. The first-order valence-corrected chi connectivity index (χ1v) is 4.84. The molecule has 0 heterocycles. The molecule has 0 spiro atoms. The van der Waals surface area contributed by atoms with Crippen LogP contribution in [0.1, 0.15) is 26.7 Å². The molecule has 0 aromatic heterocycles. The van der Waals surface area contributed by atoms with Gasteiger partial charge in [-0.2, -0.15) is 0 Å². The molecule has 0 rings (SSSR count). The zero-order valence-electron chi connectivity index (χ0n) is 8.62. The largest absolute Gasteiger partial charge is 0.466 e. The smallest absolute Gasteiger partial charge is 0.309 e. The highest BCUT2D eigenvalue weighted by Crippen LogP contribution is 2.08. The second kappa shape index (κ2) is 7.23. The van der Waals surface area contributed by atoms with E-state index in [9.17, 15) is 14.4 Å². The number of hydrogen-bond acceptors (Lipinski definition) is 5. The van der Waals surface area contributed by atoms with Crippen LogP contribution >= 0.6 is 11.6 Å². The van der Waals surface area contributed by atoms with E-state index in [1.165, 1.54) is 6.92 Å². The molecule has 0 saturated heterocycles. The van der Waals surface area contributed by atoms with Crippen molar-refractivity contribution < 1.29 is 23.9 Å². The van der Waals surface area contributed by atoms with Crippen molar-refractivity contribution in [3.05, 3.63) is 0 Å². The Kier molecular flexibility index (Phi) is 6.70. The fraction of sp³-hybridized carbons (Fsp3) is 0.667. The van der Waals surface area contributed by atoms with E-state index in [-0.39, 0.29) is 19.4 Å². The molecule has 86 valence electrons. The molecule has 0 aliphatic heterocycles. The summed E-state index contributed by atoms with van der Waals surface area (Å²) < 4.78 is 9.38. The number of halogens is 1. The summed E-state index contributed by atoms with van der Waals surface area (Å²) >= 11 is 5.13. The summed E-state index contributed by atoms with van der Waals surface area (Å²) in [6.45, 7) is 3.09. The lowest BCUT2D eigenvalue weighted by atomic mass is 10.2. The molecule has 5 nitrogen and oxygen atoms in total. The maximum atomic E-state index is 11.0. The molecule has 0 fully saturated rings. The number of ether oxygens (including phenoxy) is 2. The predicted molar refractivity (Wildman–Crippen MR) is 52.3 cm³/mol. The topological polar surface area (TPSA) is 69.7 Å². The van der Waals surface area contributed by atoms with Crippen molar-refractivity contribution in [2.45, 2.75) is 32.8 Å². The highest BCUT2D eigenvalue weighted by molar-refractivity contribution is 6.63. The number of esters is 2. The molecule has 0 bridgehead atoms. The first kappa shape index (κ1) is 13.9. The summed E-state index contributed by atoms with van der Waals surface area (Å²) in [4.78, 5) is 32.3. The Bertz CT molecular complexity index is 235. The Balaban J connectivity index is 4.16. The van der Waals surface area contributed by atoms with Crippen molar-refractivity contribution in [2.75, 3.05) is 6.61 Å². The van der Waals surface area contributed by atoms with Crippen molar-refractivity contribution in [1.82, 2.24) is 0 Å². The van der Waals surface area contributed by atoms with E-state index in [1.54, 1.807) is 6.92 Å². The molecule has 0 saturated carbocycles. The summed E-state index contributed by atoms with van der Waals surface area (Å²) in [5.74, 6) is -1.09. The normalized spacial score (nSPS) is 11.7. The summed E-state index contributed by atoms with van der Waals surface area (Å²) in [6, 6.07) is 0. The minimum atomic E-state index is -0.841. The zero-order valence-corrected chi connectivity index (χ0v) is 9.37. The maximum absolute atomic E-state index is 11.0. The van der Waals surface area contributed by atoms with Crippen LogP contribution in [0.15, 0.2) is 0 Å². The number of hydrogen-bond donors (Lipinski definition) is 0. The van der Waals surface area contributed by atoms with Crippen molar-refractivity contribution >= 4 is 28.8 Å². The van der Waals surface area contributed by atoms with Crippen LogP contribution < -0.4 is 0 Å². The van der Waals surface area contributed by atoms with Gasteiger partial charge in [0.05, 0.1) is 19.4 Å². The third kappa shape index (κ3) is 7.93. The van der Waals surface area contributed by atoms with Crippen LogP contribution in [0.4, 0.5) is 0 Å². The van der Waals surface area contributed by atoms with Gasteiger partial charge in [-0.15, -0.1) is 0 Å². The summed E-state index contributed by atoms with van der Waals surface area (Å²) in [7, 11) is 0. The molecule has 0 aromatic carbocycles. The molecule has 0 N–H and O–H groups in total. The van der Waals surface area contributed by atoms with Gasteiger partial charge in [-0.1, -0.05) is 0 Å². The van der Waals surface area contributed by atoms with Crippen LogP contribution in [0, 0.1) is 0 Å². The Morgan fingerprint density at radius 2 is 1.87 bits per heavy atom. The minimum Gasteiger partial charge on any atom is -0.466 e. The Morgan fingerprint density at radius 3 is 2.27 bits per heavy atom. The summed E-state index contributed by atoms with van der Waals surface area (Å²) in [5.41, 5.74) is 0. The molecule has 0 aliphatic carbocycles. The third-order valence-electron chi connectivity index (χ3n) is 1.42. The van der Waals surface area contributed by atoms with Crippen molar-refractivity contribution in [3.63, 3.8) is 0 Å². The van der Waals surface area contributed by atoms with Crippen LogP contribution in [-0.4, -0.2) is 29.9 Å². The molecule has 0 amide bonds. The molecule has 0 unspecified atom stereocenters. The van der Waals surface area contributed by atoms with E-state index in [0.717, 1.165) is 0 Å². The number of carbonyl (C=O) groups excluding carboxylic acids is 3. The molecule has 15 heavy (non-hydrogen) atoms. The van der Waals surface area contributed by atoms with E-state index in [2.05, 4.69) is 4.74 Å². The maximum Gasteiger partial charge on any atom is 0.309 e. The highest BCUT2D eigenvalue weighted by atomic mass is 35.5. The minimum absolute atomic E-state index is 0.161. The molecular formula is C9H13ClO5. The van der Waals surface area contributed by atoms with Gasteiger partial charge < -0.3 is 9.47 Å². The van der Waals surface area contributed by atoms with Crippen LogP contribution in [0.2, 0.25) is 0 Å². The molecule has 1 atom stereocenters. The van der Waals surface area contributed by atoms with Gasteiger partial charge in [0.25, 0.3) is 0 Å². The quantitative estimate of drug-likeness (QED) is 0.509.